The van der Waals surface area contributed by atoms with Gasteiger partial charge in [0, 0.05) is 17.3 Å². The van der Waals surface area contributed by atoms with Crippen LogP contribution in [0.25, 0.3) is 0 Å². The Morgan fingerprint density at radius 1 is 1.00 bits per heavy atom. The Morgan fingerprint density at radius 3 is 2.23 bits per heavy atom. The summed E-state index contributed by atoms with van der Waals surface area (Å²) < 4.78 is 32.1. The van der Waals surface area contributed by atoms with Gasteiger partial charge in [0.25, 0.3) is 15.9 Å². The third-order valence-corrected chi connectivity index (χ3v) is 4.76. The maximum atomic E-state index is 12.5. The van der Waals surface area contributed by atoms with Crippen molar-refractivity contribution in [3.8, 4) is 0 Å². The summed E-state index contributed by atoms with van der Waals surface area (Å²) in [5.41, 5.74) is 0.847. The van der Waals surface area contributed by atoms with Gasteiger partial charge in [-0.1, -0.05) is 6.07 Å². The fourth-order valence-corrected chi connectivity index (χ4v) is 3.26. The lowest BCUT2D eigenvalue weighted by Crippen LogP contribution is -2.30. The maximum absolute atomic E-state index is 12.5. The zero-order chi connectivity index (χ0) is 19.3. The van der Waals surface area contributed by atoms with Gasteiger partial charge in [-0.3, -0.25) is 9.52 Å². The third-order valence-electron chi connectivity index (χ3n) is 3.38. The highest BCUT2D eigenvalue weighted by Gasteiger charge is 2.17. The molecule has 138 valence electrons. The summed E-state index contributed by atoms with van der Waals surface area (Å²) >= 11 is 0. The van der Waals surface area contributed by atoms with E-state index in [4.69, 9.17) is 0 Å². The summed E-state index contributed by atoms with van der Waals surface area (Å²) in [4.78, 5) is 23.4. The van der Waals surface area contributed by atoms with Crippen LogP contribution in [0.2, 0.25) is 0 Å². The summed E-state index contributed by atoms with van der Waals surface area (Å²) in [6.45, 7) is 3.63. The normalized spacial score (nSPS) is 11.1. The predicted molar refractivity (Wildman–Crippen MR) is 97.6 cm³/mol. The standard InChI is InChI=1S/C18H20N2O5S/c1-12(2)19-17(21)14-5-4-6-16(11-14)26(23,24)20-15-9-7-13(8-10-15)18(22)25-3/h4-12,20H,1-3H3,(H,19,21). The number of hydrogen-bond donors (Lipinski definition) is 2. The Labute approximate surface area is 152 Å². The molecule has 0 atom stereocenters. The van der Waals surface area contributed by atoms with Gasteiger partial charge in [-0.05, 0) is 56.3 Å². The van der Waals surface area contributed by atoms with Gasteiger partial charge in [-0.15, -0.1) is 0 Å². The first-order valence-electron chi connectivity index (χ1n) is 7.85. The van der Waals surface area contributed by atoms with E-state index in [0.29, 0.717) is 5.56 Å². The summed E-state index contributed by atoms with van der Waals surface area (Å²) in [5.74, 6) is -0.859. The molecular formula is C18H20N2O5S. The summed E-state index contributed by atoms with van der Waals surface area (Å²) in [7, 11) is -2.62. The molecule has 8 heteroatoms. The van der Waals surface area contributed by atoms with Crippen molar-refractivity contribution in [2.45, 2.75) is 24.8 Å². The van der Waals surface area contributed by atoms with Crippen LogP contribution in [0, 0.1) is 0 Å². The lowest BCUT2D eigenvalue weighted by molar-refractivity contribution is 0.0600. The van der Waals surface area contributed by atoms with Gasteiger partial charge in [0.1, 0.15) is 0 Å². The first kappa shape index (κ1) is 19.5. The average Bonchev–Trinajstić information content (AvgIpc) is 2.61. The maximum Gasteiger partial charge on any atom is 0.337 e. The monoisotopic (exact) mass is 376 g/mol. The molecule has 0 aliphatic rings. The van der Waals surface area contributed by atoms with E-state index in [1.54, 1.807) is 6.07 Å². The van der Waals surface area contributed by atoms with Crippen LogP contribution in [0.3, 0.4) is 0 Å². The highest BCUT2D eigenvalue weighted by molar-refractivity contribution is 7.92. The first-order chi connectivity index (χ1) is 12.2. The number of carbonyl (C=O) groups is 2. The van der Waals surface area contributed by atoms with Crippen molar-refractivity contribution in [1.29, 1.82) is 0 Å². The van der Waals surface area contributed by atoms with Crippen LogP contribution in [0.5, 0.6) is 0 Å². The molecule has 0 unspecified atom stereocenters. The zero-order valence-electron chi connectivity index (χ0n) is 14.6. The second-order valence-corrected chi connectivity index (χ2v) is 7.51. The van der Waals surface area contributed by atoms with Crippen LogP contribution in [-0.4, -0.2) is 33.4 Å². The topological polar surface area (TPSA) is 102 Å². The molecule has 0 radical (unpaired) electrons. The molecule has 7 nitrogen and oxygen atoms in total. The van der Waals surface area contributed by atoms with E-state index in [9.17, 15) is 18.0 Å². The van der Waals surface area contributed by atoms with Gasteiger partial charge in [0.15, 0.2) is 0 Å². The molecule has 2 aromatic carbocycles. The van der Waals surface area contributed by atoms with Crippen molar-refractivity contribution in [2.24, 2.45) is 0 Å². The van der Waals surface area contributed by atoms with E-state index in [-0.39, 0.29) is 28.1 Å². The number of esters is 1. The van der Waals surface area contributed by atoms with Crippen molar-refractivity contribution < 1.29 is 22.7 Å². The number of nitrogens with one attached hydrogen (secondary N) is 2. The van der Waals surface area contributed by atoms with Crippen LogP contribution in [0.15, 0.2) is 53.4 Å². The smallest absolute Gasteiger partial charge is 0.337 e. The molecule has 0 saturated carbocycles. The minimum Gasteiger partial charge on any atom is -0.465 e. The highest BCUT2D eigenvalue weighted by atomic mass is 32.2. The number of anilines is 1. The average molecular weight is 376 g/mol. The van der Waals surface area contributed by atoms with Gasteiger partial charge < -0.3 is 10.1 Å². The second kappa shape index (κ2) is 8.01. The minimum absolute atomic E-state index is 0.0362. The Kier molecular flexibility index (Phi) is 5.99. The molecule has 0 bridgehead atoms. The summed E-state index contributed by atoms with van der Waals surface area (Å²) in [6, 6.07) is 11.5. The van der Waals surface area contributed by atoms with Crippen molar-refractivity contribution in [2.75, 3.05) is 11.8 Å². The molecule has 0 heterocycles. The number of amides is 1. The Hall–Kier alpha value is -2.87. The molecule has 0 aliphatic heterocycles. The fraction of sp³-hybridized carbons (Fsp3) is 0.222. The van der Waals surface area contributed by atoms with Crippen LogP contribution >= 0.6 is 0 Å². The third kappa shape index (κ3) is 4.82. The van der Waals surface area contributed by atoms with Crippen molar-refractivity contribution in [3.63, 3.8) is 0 Å². The molecule has 2 aromatic rings. The van der Waals surface area contributed by atoms with Crippen LogP contribution in [0.4, 0.5) is 5.69 Å². The lowest BCUT2D eigenvalue weighted by atomic mass is 10.2. The largest absolute Gasteiger partial charge is 0.465 e. The molecule has 0 saturated heterocycles. The van der Waals surface area contributed by atoms with Gasteiger partial charge in [-0.25, -0.2) is 13.2 Å². The Morgan fingerprint density at radius 2 is 1.65 bits per heavy atom. The SMILES string of the molecule is COC(=O)c1ccc(NS(=O)(=O)c2cccc(C(=O)NC(C)C)c2)cc1. The van der Waals surface area contributed by atoms with E-state index >= 15 is 0 Å². The molecule has 26 heavy (non-hydrogen) atoms. The molecule has 2 N–H and O–H groups in total. The van der Waals surface area contributed by atoms with E-state index in [1.165, 1.54) is 49.6 Å². The van der Waals surface area contributed by atoms with E-state index in [0.717, 1.165) is 0 Å². The molecular weight excluding hydrogens is 356 g/mol. The van der Waals surface area contributed by atoms with E-state index in [1.807, 2.05) is 13.8 Å². The molecule has 1 amide bonds. The quantitative estimate of drug-likeness (QED) is 0.754. The van der Waals surface area contributed by atoms with Gasteiger partial charge in [0.2, 0.25) is 0 Å². The van der Waals surface area contributed by atoms with Crippen LogP contribution in [-0.2, 0) is 14.8 Å². The van der Waals surface area contributed by atoms with Crippen molar-refractivity contribution in [3.05, 3.63) is 59.7 Å². The molecule has 0 spiro atoms. The number of carbonyl (C=O) groups excluding carboxylic acids is 2. The fourth-order valence-electron chi connectivity index (χ4n) is 2.16. The number of hydrogen-bond acceptors (Lipinski definition) is 5. The molecule has 2 rings (SSSR count). The van der Waals surface area contributed by atoms with Crippen LogP contribution in [0.1, 0.15) is 34.6 Å². The molecule has 0 aliphatic carbocycles. The zero-order valence-corrected chi connectivity index (χ0v) is 15.5. The van der Waals surface area contributed by atoms with Gasteiger partial charge >= 0.3 is 5.97 Å². The Balaban J connectivity index is 2.22. The Bertz CT molecular complexity index is 905. The lowest BCUT2D eigenvalue weighted by Gasteiger charge is -2.11. The molecule has 0 fully saturated rings. The number of ether oxygens (including phenoxy) is 1. The predicted octanol–water partition coefficient (Wildman–Crippen LogP) is 2.41. The van der Waals surface area contributed by atoms with Crippen molar-refractivity contribution >= 4 is 27.6 Å². The second-order valence-electron chi connectivity index (χ2n) is 5.83. The van der Waals surface area contributed by atoms with Gasteiger partial charge in [0.05, 0.1) is 17.6 Å². The first-order valence-corrected chi connectivity index (χ1v) is 9.33. The summed E-state index contributed by atoms with van der Waals surface area (Å²) in [5, 5.41) is 2.71. The van der Waals surface area contributed by atoms with E-state index < -0.39 is 16.0 Å². The molecule has 0 aromatic heterocycles. The van der Waals surface area contributed by atoms with Crippen molar-refractivity contribution in [1.82, 2.24) is 5.32 Å². The number of sulfonamides is 1. The minimum atomic E-state index is -3.88. The van der Waals surface area contributed by atoms with Crippen LogP contribution < -0.4 is 10.0 Å². The summed E-state index contributed by atoms with van der Waals surface area (Å²) in [6.07, 6.45) is 0. The number of rotatable bonds is 6. The number of methoxy groups -OCH3 is 1. The van der Waals surface area contributed by atoms with Gasteiger partial charge in [-0.2, -0.15) is 0 Å². The highest BCUT2D eigenvalue weighted by Crippen LogP contribution is 2.18. The van der Waals surface area contributed by atoms with E-state index in [2.05, 4.69) is 14.8 Å². The number of benzene rings is 2.